The number of nitrogens with one attached hydrogen (secondary N) is 2. The maximum Gasteiger partial charge on any atom is 0.255 e. The number of Topliss-reactive ketones (excluding diaryl/α,β-unsaturated/α-hetero) is 1. The topological polar surface area (TPSA) is 113 Å². The minimum Gasteiger partial charge on any atom is -0.382 e. The third-order valence-corrected chi connectivity index (χ3v) is 6.12. The summed E-state index contributed by atoms with van der Waals surface area (Å²) >= 11 is 0. The first-order valence-corrected chi connectivity index (χ1v) is 11.3. The number of hydrogen-bond donors (Lipinski definition) is 2. The van der Waals surface area contributed by atoms with Crippen molar-refractivity contribution in [3.05, 3.63) is 47.9 Å². The van der Waals surface area contributed by atoms with Crippen LogP contribution >= 0.6 is 0 Å². The van der Waals surface area contributed by atoms with Crippen LogP contribution in [-0.4, -0.2) is 38.3 Å². The third-order valence-electron chi connectivity index (χ3n) is 6.12. The Balaban J connectivity index is 1.59. The van der Waals surface area contributed by atoms with Gasteiger partial charge in [0.1, 0.15) is 23.3 Å². The van der Waals surface area contributed by atoms with E-state index in [1.807, 2.05) is 36.7 Å². The summed E-state index contributed by atoms with van der Waals surface area (Å²) in [7, 11) is 0. The maximum absolute atomic E-state index is 13.1. The van der Waals surface area contributed by atoms with E-state index in [-0.39, 0.29) is 29.7 Å². The molecular formula is C25H28N6O2. The molecule has 0 bridgehead atoms. The van der Waals surface area contributed by atoms with Crippen molar-refractivity contribution in [1.29, 1.82) is 5.26 Å². The van der Waals surface area contributed by atoms with Gasteiger partial charge >= 0.3 is 0 Å². The van der Waals surface area contributed by atoms with Crippen molar-refractivity contribution in [1.82, 2.24) is 19.9 Å². The molecule has 3 aromatic rings. The number of fused-ring (bicyclic) bond motifs is 1. The van der Waals surface area contributed by atoms with Crippen LogP contribution in [0.2, 0.25) is 0 Å². The van der Waals surface area contributed by atoms with Gasteiger partial charge in [0, 0.05) is 48.0 Å². The number of amides is 1. The number of aromatic nitrogens is 3. The van der Waals surface area contributed by atoms with E-state index in [1.54, 1.807) is 19.2 Å². The second-order valence-electron chi connectivity index (χ2n) is 8.95. The molecular weight excluding hydrogens is 416 g/mol. The molecule has 8 nitrogen and oxygen atoms in total. The molecule has 1 saturated carbocycles. The summed E-state index contributed by atoms with van der Waals surface area (Å²) < 4.78 is 1.84. The maximum atomic E-state index is 13.1. The van der Waals surface area contributed by atoms with Gasteiger partial charge in [-0.3, -0.25) is 14.2 Å². The zero-order valence-corrected chi connectivity index (χ0v) is 19.1. The van der Waals surface area contributed by atoms with Crippen molar-refractivity contribution in [2.24, 2.45) is 5.92 Å². The highest BCUT2D eigenvalue weighted by molar-refractivity contribution is 6.00. The van der Waals surface area contributed by atoms with Gasteiger partial charge in [0.2, 0.25) is 0 Å². The Morgan fingerprint density at radius 2 is 1.91 bits per heavy atom. The van der Waals surface area contributed by atoms with Crippen LogP contribution in [0.15, 0.2) is 36.8 Å². The fraction of sp³-hybridized carbons (Fsp3) is 0.400. The highest BCUT2D eigenvalue weighted by Crippen LogP contribution is 2.27. The molecule has 3 aromatic heterocycles. The fourth-order valence-corrected chi connectivity index (χ4v) is 4.36. The first-order valence-electron chi connectivity index (χ1n) is 11.3. The van der Waals surface area contributed by atoms with Crippen LogP contribution in [0, 0.1) is 17.2 Å². The summed E-state index contributed by atoms with van der Waals surface area (Å²) in [4.78, 5) is 33.7. The van der Waals surface area contributed by atoms with Gasteiger partial charge in [0.25, 0.3) is 5.91 Å². The molecule has 0 unspecified atom stereocenters. The third kappa shape index (κ3) is 4.87. The average molecular weight is 445 g/mol. The number of ketones is 1. The van der Waals surface area contributed by atoms with Gasteiger partial charge in [-0.05, 0) is 58.6 Å². The lowest BCUT2D eigenvalue weighted by Crippen LogP contribution is -2.39. The Labute approximate surface area is 193 Å². The zero-order valence-electron chi connectivity index (χ0n) is 19.1. The Kier molecular flexibility index (Phi) is 6.40. The molecule has 0 atom stereocenters. The number of rotatable bonds is 6. The van der Waals surface area contributed by atoms with E-state index >= 15 is 0 Å². The zero-order chi connectivity index (χ0) is 23.5. The quantitative estimate of drug-likeness (QED) is 0.594. The van der Waals surface area contributed by atoms with Gasteiger partial charge in [-0.25, -0.2) is 9.97 Å². The van der Waals surface area contributed by atoms with E-state index in [9.17, 15) is 9.59 Å². The van der Waals surface area contributed by atoms with Crippen molar-refractivity contribution >= 4 is 28.4 Å². The van der Waals surface area contributed by atoms with Crippen LogP contribution in [0.3, 0.4) is 0 Å². The van der Waals surface area contributed by atoms with Gasteiger partial charge in [-0.1, -0.05) is 0 Å². The number of anilines is 1. The number of pyridine rings is 2. The largest absolute Gasteiger partial charge is 0.382 e. The lowest BCUT2D eigenvalue weighted by atomic mass is 9.84. The van der Waals surface area contributed by atoms with E-state index < -0.39 is 0 Å². The van der Waals surface area contributed by atoms with Gasteiger partial charge < -0.3 is 10.6 Å². The molecule has 33 heavy (non-hydrogen) atoms. The molecule has 170 valence electrons. The summed E-state index contributed by atoms with van der Waals surface area (Å²) in [6.45, 7) is 5.67. The van der Waals surface area contributed by atoms with Gasteiger partial charge in [-0.2, -0.15) is 5.26 Å². The molecule has 0 radical (unpaired) electrons. The Bertz CT molecular complexity index is 1230. The molecule has 0 aromatic carbocycles. The average Bonchev–Trinajstić information content (AvgIpc) is 3.22. The summed E-state index contributed by atoms with van der Waals surface area (Å²) in [6.07, 6.45) is 8.22. The van der Waals surface area contributed by atoms with Crippen molar-refractivity contribution in [3.63, 3.8) is 0 Å². The van der Waals surface area contributed by atoms with Crippen LogP contribution in [0.1, 0.15) is 62.4 Å². The van der Waals surface area contributed by atoms with Crippen LogP contribution in [0.4, 0.5) is 5.69 Å². The van der Waals surface area contributed by atoms with Gasteiger partial charge in [0.05, 0.1) is 16.8 Å². The predicted octanol–water partition coefficient (Wildman–Crippen LogP) is 3.99. The monoisotopic (exact) mass is 444 g/mol. The van der Waals surface area contributed by atoms with Gasteiger partial charge in [-0.15, -0.1) is 0 Å². The molecule has 1 fully saturated rings. The number of hydrogen-bond acceptors (Lipinski definition) is 6. The summed E-state index contributed by atoms with van der Waals surface area (Å²) in [6, 6.07) is 7.81. The second kappa shape index (κ2) is 9.41. The van der Waals surface area contributed by atoms with E-state index in [0.29, 0.717) is 28.3 Å². The minimum absolute atomic E-state index is 0.0617. The van der Waals surface area contributed by atoms with Gasteiger partial charge in [0.15, 0.2) is 0 Å². The molecule has 1 amide bonds. The number of carbonyl (C=O) groups excluding carboxylic acids is 2. The molecule has 8 heteroatoms. The molecule has 3 heterocycles. The fourth-order valence-electron chi connectivity index (χ4n) is 4.36. The lowest BCUT2D eigenvalue weighted by Gasteiger charge is -2.28. The highest BCUT2D eigenvalue weighted by Gasteiger charge is 2.26. The number of carbonyl (C=O) groups is 2. The smallest absolute Gasteiger partial charge is 0.255 e. The van der Waals surface area contributed by atoms with Crippen LogP contribution < -0.4 is 10.6 Å². The van der Waals surface area contributed by atoms with Crippen molar-refractivity contribution in [2.75, 3.05) is 5.32 Å². The van der Waals surface area contributed by atoms with Crippen LogP contribution in [0.5, 0.6) is 0 Å². The van der Waals surface area contributed by atoms with Crippen LogP contribution in [-0.2, 0) is 4.79 Å². The van der Waals surface area contributed by atoms with E-state index in [4.69, 9.17) is 5.26 Å². The second-order valence-corrected chi connectivity index (χ2v) is 8.95. The van der Waals surface area contributed by atoms with Crippen molar-refractivity contribution in [3.8, 4) is 11.9 Å². The van der Waals surface area contributed by atoms with E-state index in [1.165, 1.54) is 6.20 Å². The SMILES string of the molecule is CC(=O)C1CCC(NC(=O)c2cnc(-n3ccc4cc(C#N)cnc43)cc2NC(C)C)CC1. The Morgan fingerprint density at radius 1 is 1.15 bits per heavy atom. The molecule has 0 aliphatic heterocycles. The molecule has 2 N–H and O–H groups in total. The number of nitrogens with zero attached hydrogens (tertiary/aromatic N) is 4. The first-order chi connectivity index (χ1) is 15.9. The Morgan fingerprint density at radius 3 is 2.58 bits per heavy atom. The highest BCUT2D eigenvalue weighted by atomic mass is 16.1. The normalized spacial score (nSPS) is 18.2. The molecule has 1 aliphatic carbocycles. The van der Waals surface area contributed by atoms with Crippen molar-refractivity contribution < 1.29 is 9.59 Å². The lowest BCUT2D eigenvalue weighted by molar-refractivity contribution is -0.121. The first kappa shape index (κ1) is 22.5. The Hall–Kier alpha value is -3.73. The standard InChI is InChI=1S/C25H28N6O2/c1-15(2)29-22-11-23(31-9-8-19-10-17(12-26)13-28-24(19)31)27-14-21(22)25(33)30-20-6-4-18(5-7-20)16(3)32/h8-11,13-15,18,20H,4-7H2,1-3H3,(H,27,29)(H,30,33). The molecule has 4 rings (SSSR count). The molecule has 0 saturated heterocycles. The van der Waals surface area contributed by atoms with Crippen molar-refractivity contribution in [2.45, 2.75) is 58.5 Å². The molecule has 0 spiro atoms. The number of nitriles is 1. The van der Waals surface area contributed by atoms with E-state index in [0.717, 1.165) is 31.1 Å². The minimum atomic E-state index is -0.169. The summed E-state index contributed by atoms with van der Waals surface area (Å²) in [5.41, 5.74) is 2.37. The van der Waals surface area contributed by atoms with Crippen LogP contribution in [0.25, 0.3) is 16.9 Å². The summed E-state index contributed by atoms with van der Waals surface area (Å²) in [5.74, 6) is 0.812. The summed E-state index contributed by atoms with van der Waals surface area (Å²) in [5, 5.41) is 16.4. The predicted molar refractivity (Wildman–Crippen MR) is 126 cm³/mol. The van der Waals surface area contributed by atoms with E-state index in [2.05, 4.69) is 26.7 Å². The molecule has 1 aliphatic rings.